The second-order valence-corrected chi connectivity index (χ2v) is 4.53. The maximum Gasteiger partial charge on any atom is 0.471 e. The highest BCUT2D eigenvalue weighted by Gasteiger charge is 2.38. The number of alkyl halides is 3. The van der Waals surface area contributed by atoms with Crippen molar-refractivity contribution in [1.29, 1.82) is 0 Å². The predicted molar refractivity (Wildman–Crippen MR) is 69.1 cm³/mol. The van der Waals surface area contributed by atoms with Gasteiger partial charge in [0.2, 0.25) is 5.82 Å². The van der Waals surface area contributed by atoms with Crippen molar-refractivity contribution in [2.45, 2.75) is 19.1 Å². The molecule has 120 valence electrons. The Morgan fingerprint density at radius 2 is 2.17 bits per heavy atom. The maximum absolute atomic E-state index is 12.5. The van der Waals surface area contributed by atoms with Crippen molar-refractivity contribution in [1.82, 2.24) is 29.9 Å². The van der Waals surface area contributed by atoms with Gasteiger partial charge in [-0.3, -0.25) is 9.48 Å². The smallest absolute Gasteiger partial charge is 0.329 e. The van der Waals surface area contributed by atoms with E-state index in [1.165, 1.54) is 29.6 Å². The van der Waals surface area contributed by atoms with E-state index in [2.05, 4.69) is 29.7 Å². The van der Waals surface area contributed by atoms with Gasteiger partial charge in [-0.2, -0.15) is 23.3 Å². The zero-order valence-corrected chi connectivity index (χ0v) is 11.4. The van der Waals surface area contributed by atoms with Crippen LogP contribution < -0.4 is 5.56 Å². The molecule has 23 heavy (non-hydrogen) atoms. The molecule has 3 rings (SSSR count). The normalized spacial score (nSPS) is 11.8. The average molecular weight is 326 g/mol. The lowest BCUT2D eigenvalue weighted by atomic mass is 10.1. The first kappa shape index (κ1) is 14.9. The molecule has 3 heterocycles. The number of nitrogens with one attached hydrogen (secondary N) is 1. The van der Waals surface area contributed by atoms with Crippen LogP contribution in [0.5, 0.6) is 0 Å². The molecule has 3 aromatic rings. The number of aromatic amines is 1. The van der Waals surface area contributed by atoms with Gasteiger partial charge in [-0.15, -0.1) is 0 Å². The molecule has 1 N–H and O–H groups in total. The van der Waals surface area contributed by atoms with Crippen LogP contribution in [0.1, 0.15) is 11.5 Å². The minimum atomic E-state index is -4.74. The van der Waals surface area contributed by atoms with Crippen molar-refractivity contribution in [3.8, 4) is 11.4 Å². The average Bonchev–Trinajstić information content (AvgIpc) is 3.17. The molecule has 0 aliphatic rings. The second kappa shape index (κ2) is 5.66. The zero-order chi connectivity index (χ0) is 16.4. The highest BCUT2D eigenvalue weighted by molar-refractivity contribution is 5.58. The van der Waals surface area contributed by atoms with Crippen molar-refractivity contribution >= 4 is 0 Å². The van der Waals surface area contributed by atoms with Crippen molar-refractivity contribution in [2.75, 3.05) is 0 Å². The van der Waals surface area contributed by atoms with Crippen molar-refractivity contribution in [2.24, 2.45) is 0 Å². The van der Waals surface area contributed by atoms with Crippen LogP contribution >= 0.6 is 0 Å². The molecule has 8 nitrogen and oxygen atoms in total. The van der Waals surface area contributed by atoms with Crippen LogP contribution in [0.3, 0.4) is 0 Å². The van der Waals surface area contributed by atoms with Gasteiger partial charge in [-0.25, -0.2) is 4.98 Å². The Balaban J connectivity index is 1.94. The summed E-state index contributed by atoms with van der Waals surface area (Å²) >= 11 is 0. The van der Waals surface area contributed by atoms with Crippen molar-refractivity contribution in [3.05, 3.63) is 46.7 Å². The van der Waals surface area contributed by atoms with Crippen LogP contribution in [-0.2, 0) is 19.1 Å². The first-order valence-electron chi connectivity index (χ1n) is 6.39. The topological polar surface area (TPSA) is 102 Å². The van der Waals surface area contributed by atoms with E-state index < -0.39 is 17.6 Å². The fourth-order valence-electron chi connectivity index (χ4n) is 1.99. The predicted octanol–water partition coefficient (Wildman–Crippen LogP) is 1.28. The molecule has 0 unspecified atom stereocenters. The molecular weight excluding hydrogens is 317 g/mol. The standard InChI is InChI=1S/C12H9F3N6O2/c13-12(14,15)11-19-9(20-23-11)7-1-3-17-10(22)8(7)2-4-21-6-16-5-18-21/h1,3,5-6H,2,4H2,(H,17,22). The molecule has 0 saturated heterocycles. The lowest BCUT2D eigenvalue weighted by Gasteiger charge is -2.05. The fourth-order valence-corrected chi connectivity index (χ4v) is 1.99. The number of pyridine rings is 1. The first-order valence-corrected chi connectivity index (χ1v) is 6.39. The third kappa shape index (κ3) is 3.12. The van der Waals surface area contributed by atoms with E-state index in [0.717, 1.165) is 0 Å². The van der Waals surface area contributed by atoms with E-state index in [9.17, 15) is 18.0 Å². The van der Waals surface area contributed by atoms with Crippen LogP contribution in [0.2, 0.25) is 0 Å². The monoisotopic (exact) mass is 326 g/mol. The number of H-pyrrole nitrogens is 1. The Morgan fingerprint density at radius 3 is 2.83 bits per heavy atom. The summed E-state index contributed by atoms with van der Waals surface area (Å²) in [5.74, 6) is -1.76. The van der Waals surface area contributed by atoms with Gasteiger partial charge in [-0.05, 0) is 12.5 Å². The molecule has 0 radical (unpaired) electrons. The summed E-state index contributed by atoms with van der Waals surface area (Å²) in [5, 5.41) is 7.20. The summed E-state index contributed by atoms with van der Waals surface area (Å²) < 4.78 is 43.3. The highest BCUT2D eigenvalue weighted by Crippen LogP contribution is 2.29. The number of halogens is 3. The molecule has 0 aromatic carbocycles. The van der Waals surface area contributed by atoms with Crippen molar-refractivity contribution < 1.29 is 17.7 Å². The Kier molecular flexibility index (Phi) is 3.68. The van der Waals surface area contributed by atoms with E-state index >= 15 is 0 Å². The van der Waals surface area contributed by atoms with Crippen LogP contribution in [0.15, 0.2) is 34.2 Å². The maximum atomic E-state index is 12.5. The number of aryl methyl sites for hydroxylation is 1. The van der Waals surface area contributed by atoms with Crippen LogP contribution in [0, 0.1) is 0 Å². The van der Waals surface area contributed by atoms with Gasteiger partial charge in [0.25, 0.3) is 5.56 Å². The van der Waals surface area contributed by atoms with Gasteiger partial charge in [-0.1, -0.05) is 5.16 Å². The first-order chi connectivity index (χ1) is 10.9. The van der Waals surface area contributed by atoms with Gasteiger partial charge in [0, 0.05) is 23.9 Å². The Morgan fingerprint density at radius 1 is 1.35 bits per heavy atom. The minimum Gasteiger partial charge on any atom is -0.329 e. The molecule has 0 saturated carbocycles. The van der Waals surface area contributed by atoms with Gasteiger partial charge >= 0.3 is 12.1 Å². The number of nitrogens with zero attached hydrogens (tertiary/aromatic N) is 5. The number of hydrogen-bond donors (Lipinski definition) is 1. The highest BCUT2D eigenvalue weighted by atomic mass is 19.4. The Hall–Kier alpha value is -2.98. The summed E-state index contributed by atoms with van der Waals surface area (Å²) in [6.45, 7) is 0.323. The van der Waals surface area contributed by atoms with Crippen LogP contribution in [0.25, 0.3) is 11.4 Å². The molecule has 0 aliphatic heterocycles. The fraction of sp³-hybridized carbons (Fsp3) is 0.250. The van der Waals surface area contributed by atoms with E-state index in [-0.39, 0.29) is 23.4 Å². The van der Waals surface area contributed by atoms with Crippen molar-refractivity contribution in [3.63, 3.8) is 0 Å². The number of rotatable bonds is 4. The molecule has 0 bridgehead atoms. The van der Waals surface area contributed by atoms with Gasteiger partial charge in [0.15, 0.2) is 0 Å². The molecular formula is C12H9F3N6O2. The second-order valence-electron chi connectivity index (χ2n) is 4.53. The van der Waals surface area contributed by atoms with E-state index in [1.54, 1.807) is 0 Å². The minimum absolute atomic E-state index is 0.174. The number of hydrogen-bond acceptors (Lipinski definition) is 6. The summed E-state index contributed by atoms with van der Waals surface area (Å²) in [7, 11) is 0. The van der Waals surface area contributed by atoms with E-state index in [4.69, 9.17) is 0 Å². The van der Waals surface area contributed by atoms with Crippen LogP contribution in [0.4, 0.5) is 13.2 Å². The van der Waals surface area contributed by atoms with Gasteiger partial charge in [0.1, 0.15) is 12.7 Å². The van der Waals surface area contributed by atoms with Crippen LogP contribution in [-0.4, -0.2) is 29.9 Å². The summed E-state index contributed by atoms with van der Waals surface area (Å²) in [6, 6.07) is 1.42. The van der Waals surface area contributed by atoms with Gasteiger partial charge < -0.3 is 9.51 Å². The molecule has 3 aromatic heterocycles. The lowest BCUT2D eigenvalue weighted by Crippen LogP contribution is -2.16. The summed E-state index contributed by atoms with van der Waals surface area (Å²) in [6.07, 6.45) is -0.420. The molecule has 0 atom stereocenters. The van der Waals surface area contributed by atoms with E-state index in [0.29, 0.717) is 6.54 Å². The molecule has 0 aliphatic carbocycles. The Labute approximate surface area is 126 Å². The lowest BCUT2D eigenvalue weighted by molar-refractivity contribution is -0.159. The summed E-state index contributed by atoms with van der Waals surface area (Å²) in [5.41, 5.74) is -0.0355. The molecule has 0 fully saturated rings. The summed E-state index contributed by atoms with van der Waals surface area (Å²) in [4.78, 5) is 21.5. The SMILES string of the molecule is O=c1[nH]ccc(-c2noc(C(F)(F)F)n2)c1CCn1cncn1. The van der Waals surface area contributed by atoms with E-state index in [1.807, 2.05) is 0 Å². The third-order valence-corrected chi connectivity index (χ3v) is 3.03. The molecule has 0 spiro atoms. The molecule has 11 heteroatoms. The largest absolute Gasteiger partial charge is 0.471 e. The molecule has 0 amide bonds. The number of aromatic nitrogens is 6. The zero-order valence-electron chi connectivity index (χ0n) is 11.4. The third-order valence-electron chi connectivity index (χ3n) is 3.03. The van der Waals surface area contributed by atoms with Gasteiger partial charge in [0.05, 0.1) is 0 Å². The quantitative estimate of drug-likeness (QED) is 0.775. The Bertz CT molecular complexity index is 852.